The zero-order valence-corrected chi connectivity index (χ0v) is 15.3. The summed E-state index contributed by atoms with van der Waals surface area (Å²) in [5.41, 5.74) is 0.673. The fourth-order valence-electron chi connectivity index (χ4n) is 3.65. The molecule has 1 aliphatic carbocycles. The van der Waals surface area contributed by atoms with Crippen molar-refractivity contribution in [2.75, 3.05) is 36.4 Å². The summed E-state index contributed by atoms with van der Waals surface area (Å²) < 4.78 is 27.4. The molecular weight excluding hydrogens is 364 g/mol. The zero-order chi connectivity index (χ0) is 19.7. The van der Waals surface area contributed by atoms with Crippen molar-refractivity contribution in [3.8, 4) is 0 Å². The SMILES string of the molecule is O=C(Nc1c(F)cccc1F)C1CC1C(=O)N1CCN(c2ccccc2)CC1. The Labute approximate surface area is 161 Å². The summed E-state index contributed by atoms with van der Waals surface area (Å²) in [4.78, 5) is 29.0. The highest BCUT2D eigenvalue weighted by Gasteiger charge is 2.50. The molecule has 1 saturated carbocycles. The zero-order valence-electron chi connectivity index (χ0n) is 15.3. The lowest BCUT2D eigenvalue weighted by atomic mass is 10.2. The van der Waals surface area contributed by atoms with E-state index in [2.05, 4.69) is 10.2 Å². The number of carbonyl (C=O) groups excluding carboxylic acids is 2. The molecule has 2 unspecified atom stereocenters. The van der Waals surface area contributed by atoms with E-state index in [9.17, 15) is 18.4 Å². The molecule has 1 saturated heterocycles. The van der Waals surface area contributed by atoms with E-state index in [1.165, 1.54) is 6.07 Å². The Balaban J connectivity index is 1.31. The number of rotatable bonds is 4. The molecular formula is C21H21F2N3O2. The van der Waals surface area contributed by atoms with Crippen molar-refractivity contribution in [3.63, 3.8) is 0 Å². The number of nitrogens with zero attached hydrogens (tertiary/aromatic N) is 2. The van der Waals surface area contributed by atoms with E-state index in [1.807, 2.05) is 30.3 Å². The molecule has 2 aromatic carbocycles. The first kappa shape index (κ1) is 18.4. The molecule has 7 heteroatoms. The molecule has 2 fully saturated rings. The molecule has 0 radical (unpaired) electrons. The molecule has 1 N–H and O–H groups in total. The van der Waals surface area contributed by atoms with Crippen LogP contribution in [0.25, 0.3) is 0 Å². The van der Waals surface area contributed by atoms with Gasteiger partial charge >= 0.3 is 0 Å². The van der Waals surface area contributed by atoms with E-state index in [-0.39, 0.29) is 5.91 Å². The second-order valence-electron chi connectivity index (χ2n) is 7.18. The van der Waals surface area contributed by atoms with E-state index in [0.717, 1.165) is 30.9 Å². The number of hydrogen-bond acceptors (Lipinski definition) is 3. The molecule has 2 atom stereocenters. The molecule has 2 amide bonds. The van der Waals surface area contributed by atoms with Gasteiger partial charge in [-0.25, -0.2) is 8.78 Å². The molecule has 1 heterocycles. The van der Waals surface area contributed by atoms with Crippen molar-refractivity contribution in [3.05, 3.63) is 60.2 Å². The average molecular weight is 385 g/mol. The van der Waals surface area contributed by atoms with Crippen molar-refractivity contribution < 1.29 is 18.4 Å². The molecule has 0 bridgehead atoms. The van der Waals surface area contributed by atoms with Crippen LogP contribution >= 0.6 is 0 Å². The normalized spacial score (nSPS) is 21.4. The highest BCUT2D eigenvalue weighted by molar-refractivity contribution is 5.99. The smallest absolute Gasteiger partial charge is 0.228 e. The van der Waals surface area contributed by atoms with Gasteiger partial charge in [-0.05, 0) is 30.7 Å². The van der Waals surface area contributed by atoms with Gasteiger partial charge in [0.15, 0.2) is 0 Å². The molecule has 28 heavy (non-hydrogen) atoms. The number of piperazine rings is 1. The van der Waals surface area contributed by atoms with E-state index in [0.29, 0.717) is 19.5 Å². The van der Waals surface area contributed by atoms with Gasteiger partial charge in [0.2, 0.25) is 11.8 Å². The van der Waals surface area contributed by atoms with E-state index < -0.39 is 35.1 Å². The summed E-state index contributed by atoms with van der Waals surface area (Å²) in [5.74, 6) is -3.15. The van der Waals surface area contributed by atoms with Crippen molar-refractivity contribution in [2.24, 2.45) is 11.8 Å². The van der Waals surface area contributed by atoms with Gasteiger partial charge in [0.25, 0.3) is 0 Å². The largest absolute Gasteiger partial charge is 0.368 e. The first-order valence-electron chi connectivity index (χ1n) is 9.38. The predicted octanol–water partition coefficient (Wildman–Crippen LogP) is 2.89. The number of amides is 2. The van der Waals surface area contributed by atoms with Crippen LogP contribution in [0.5, 0.6) is 0 Å². The van der Waals surface area contributed by atoms with Gasteiger partial charge in [-0.3, -0.25) is 9.59 Å². The Morgan fingerprint density at radius 3 is 2.14 bits per heavy atom. The van der Waals surface area contributed by atoms with E-state index in [1.54, 1.807) is 4.90 Å². The lowest BCUT2D eigenvalue weighted by Crippen LogP contribution is -2.49. The van der Waals surface area contributed by atoms with Gasteiger partial charge in [0.1, 0.15) is 17.3 Å². The van der Waals surface area contributed by atoms with Crippen LogP contribution in [0, 0.1) is 23.5 Å². The number of benzene rings is 2. The minimum atomic E-state index is -0.825. The fourth-order valence-corrected chi connectivity index (χ4v) is 3.65. The van der Waals surface area contributed by atoms with Crippen LogP contribution < -0.4 is 10.2 Å². The fraction of sp³-hybridized carbons (Fsp3) is 0.333. The van der Waals surface area contributed by atoms with Gasteiger partial charge in [0.05, 0.1) is 11.8 Å². The number of anilines is 2. The molecule has 0 aromatic heterocycles. The first-order valence-corrected chi connectivity index (χ1v) is 9.38. The molecule has 4 rings (SSSR count). The summed E-state index contributed by atoms with van der Waals surface area (Å²) in [6.07, 6.45) is 0.416. The lowest BCUT2D eigenvalue weighted by Gasteiger charge is -2.36. The van der Waals surface area contributed by atoms with Crippen LogP contribution in [0.3, 0.4) is 0 Å². The van der Waals surface area contributed by atoms with Gasteiger partial charge in [0, 0.05) is 31.9 Å². The number of carbonyl (C=O) groups is 2. The second kappa shape index (κ2) is 7.58. The van der Waals surface area contributed by atoms with Crippen molar-refractivity contribution >= 4 is 23.2 Å². The number of nitrogens with one attached hydrogen (secondary N) is 1. The predicted molar refractivity (Wildman–Crippen MR) is 102 cm³/mol. The Kier molecular flexibility index (Phi) is 4.98. The van der Waals surface area contributed by atoms with Crippen LogP contribution in [-0.2, 0) is 9.59 Å². The van der Waals surface area contributed by atoms with Crippen LogP contribution in [0.4, 0.5) is 20.2 Å². The maximum Gasteiger partial charge on any atom is 0.228 e. The van der Waals surface area contributed by atoms with Crippen LogP contribution in [-0.4, -0.2) is 42.9 Å². The Morgan fingerprint density at radius 2 is 1.50 bits per heavy atom. The molecule has 2 aliphatic rings. The van der Waals surface area contributed by atoms with Crippen molar-refractivity contribution in [1.29, 1.82) is 0 Å². The third-order valence-corrected chi connectivity index (χ3v) is 5.37. The summed E-state index contributed by atoms with van der Waals surface area (Å²) in [7, 11) is 0. The van der Waals surface area contributed by atoms with Gasteiger partial charge in [-0.15, -0.1) is 0 Å². The molecule has 2 aromatic rings. The van der Waals surface area contributed by atoms with E-state index in [4.69, 9.17) is 0 Å². The molecule has 5 nitrogen and oxygen atoms in total. The van der Waals surface area contributed by atoms with Gasteiger partial charge in [-0.2, -0.15) is 0 Å². The number of halogens is 2. The van der Waals surface area contributed by atoms with Gasteiger partial charge < -0.3 is 15.1 Å². The summed E-state index contributed by atoms with van der Waals surface area (Å²) in [5, 5.41) is 2.29. The van der Waals surface area contributed by atoms with Crippen LogP contribution in [0.15, 0.2) is 48.5 Å². The Hall–Kier alpha value is -2.96. The van der Waals surface area contributed by atoms with Gasteiger partial charge in [-0.1, -0.05) is 24.3 Å². The first-order chi connectivity index (χ1) is 13.5. The number of para-hydroxylation sites is 2. The summed E-state index contributed by atoms with van der Waals surface area (Å²) >= 11 is 0. The maximum absolute atomic E-state index is 13.7. The second-order valence-corrected chi connectivity index (χ2v) is 7.18. The standard InChI is InChI=1S/C21H21F2N3O2/c22-17-7-4-8-18(23)19(17)24-20(27)15-13-16(15)21(28)26-11-9-25(10-12-26)14-5-2-1-3-6-14/h1-8,15-16H,9-13H2,(H,24,27). The summed E-state index contributed by atoms with van der Waals surface area (Å²) in [6.45, 7) is 2.67. The minimum Gasteiger partial charge on any atom is -0.368 e. The lowest BCUT2D eigenvalue weighted by molar-refractivity contribution is -0.134. The van der Waals surface area contributed by atoms with Crippen molar-refractivity contribution in [1.82, 2.24) is 4.90 Å². The quantitative estimate of drug-likeness (QED) is 0.881. The van der Waals surface area contributed by atoms with Crippen molar-refractivity contribution in [2.45, 2.75) is 6.42 Å². The Morgan fingerprint density at radius 1 is 0.857 bits per heavy atom. The monoisotopic (exact) mass is 385 g/mol. The minimum absolute atomic E-state index is 0.0538. The highest BCUT2D eigenvalue weighted by Crippen LogP contribution is 2.41. The van der Waals surface area contributed by atoms with E-state index >= 15 is 0 Å². The summed E-state index contributed by atoms with van der Waals surface area (Å²) in [6, 6.07) is 13.4. The third kappa shape index (κ3) is 3.69. The van der Waals surface area contributed by atoms with Crippen LogP contribution in [0.2, 0.25) is 0 Å². The molecule has 146 valence electrons. The Bertz CT molecular complexity index is 862. The van der Waals surface area contributed by atoms with Crippen LogP contribution in [0.1, 0.15) is 6.42 Å². The molecule has 0 spiro atoms. The average Bonchev–Trinajstić information content (AvgIpc) is 3.52. The maximum atomic E-state index is 13.7. The highest BCUT2D eigenvalue weighted by atomic mass is 19.1. The number of hydrogen-bond donors (Lipinski definition) is 1. The molecule has 1 aliphatic heterocycles. The topological polar surface area (TPSA) is 52.7 Å². The third-order valence-electron chi connectivity index (χ3n) is 5.37.